The molecule has 3 rings (SSSR count). The number of amides is 1. The summed E-state index contributed by atoms with van der Waals surface area (Å²) in [6.45, 7) is 2.74. The van der Waals surface area contributed by atoms with Gasteiger partial charge >= 0.3 is 0 Å². The van der Waals surface area contributed by atoms with Gasteiger partial charge in [0, 0.05) is 24.1 Å². The van der Waals surface area contributed by atoms with Crippen molar-refractivity contribution in [2.75, 3.05) is 11.9 Å². The molecule has 2 unspecified atom stereocenters. The third-order valence-electron chi connectivity index (χ3n) is 4.81. The van der Waals surface area contributed by atoms with Gasteiger partial charge in [0.2, 0.25) is 12.2 Å². The monoisotopic (exact) mass is 387 g/mol. The summed E-state index contributed by atoms with van der Waals surface area (Å²) in [5.41, 5.74) is 2.29. The minimum atomic E-state index is -1.18. The summed E-state index contributed by atoms with van der Waals surface area (Å²) in [7, 11) is 0. The Kier molecular flexibility index (Phi) is 6.31. The molecule has 1 heterocycles. The van der Waals surface area contributed by atoms with E-state index in [0.29, 0.717) is 11.4 Å². The zero-order valence-corrected chi connectivity index (χ0v) is 15.8. The fraction of sp³-hybridized carbons (Fsp3) is 0.381. The van der Waals surface area contributed by atoms with E-state index < -0.39 is 37.1 Å². The SMILES string of the molecule is CC(=O)Nc1cccc(-c2ccccc2O[C@@H]2OC(CO)[C@H](O)[C@H](O)C2C)c1. The van der Waals surface area contributed by atoms with E-state index in [4.69, 9.17) is 9.47 Å². The van der Waals surface area contributed by atoms with Crippen LogP contribution in [-0.2, 0) is 9.53 Å². The molecule has 0 bridgehead atoms. The van der Waals surface area contributed by atoms with Crippen molar-refractivity contribution in [3.63, 3.8) is 0 Å². The van der Waals surface area contributed by atoms with Gasteiger partial charge in [0.05, 0.1) is 12.7 Å². The van der Waals surface area contributed by atoms with Gasteiger partial charge in [-0.05, 0) is 23.8 Å². The molecule has 0 aromatic heterocycles. The van der Waals surface area contributed by atoms with Crippen molar-refractivity contribution < 1.29 is 29.6 Å². The summed E-state index contributed by atoms with van der Waals surface area (Å²) in [5.74, 6) is -0.134. The Morgan fingerprint density at radius 3 is 2.61 bits per heavy atom. The molecular formula is C21H25NO6. The van der Waals surface area contributed by atoms with E-state index in [1.54, 1.807) is 19.1 Å². The van der Waals surface area contributed by atoms with Gasteiger partial charge in [-0.15, -0.1) is 0 Å². The average molecular weight is 387 g/mol. The van der Waals surface area contributed by atoms with Crippen LogP contribution in [0.1, 0.15) is 13.8 Å². The lowest BCUT2D eigenvalue weighted by Gasteiger charge is -2.40. The summed E-state index contributed by atoms with van der Waals surface area (Å²) >= 11 is 0. The number of rotatable bonds is 5. The molecule has 1 aliphatic rings. The molecular weight excluding hydrogens is 362 g/mol. The standard InChI is InChI=1S/C21H25NO6/c1-12-19(25)20(26)18(11-23)28-21(12)27-17-9-4-3-8-16(17)14-6-5-7-15(10-14)22-13(2)24/h3-10,12,18-21,23,25-26H,11H2,1-2H3,(H,22,24)/t12?,18?,19-,20+,21-/m1/s1. The number of hydrogen-bond acceptors (Lipinski definition) is 6. The molecule has 7 nitrogen and oxygen atoms in total. The van der Waals surface area contributed by atoms with Gasteiger partial charge < -0.3 is 30.1 Å². The molecule has 5 atom stereocenters. The summed E-state index contributed by atoms with van der Waals surface area (Å²) in [4.78, 5) is 11.3. The number of nitrogens with one attached hydrogen (secondary N) is 1. The minimum Gasteiger partial charge on any atom is -0.464 e. The first kappa shape index (κ1) is 20.3. The lowest BCUT2D eigenvalue weighted by Crippen LogP contribution is -2.56. The van der Waals surface area contributed by atoms with E-state index in [0.717, 1.165) is 11.1 Å². The molecule has 1 saturated heterocycles. The summed E-state index contributed by atoms with van der Waals surface area (Å²) < 4.78 is 11.7. The molecule has 4 N–H and O–H groups in total. The van der Waals surface area contributed by atoms with Gasteiger partial charge in [0.1, 0.15) is 18.0 Å². The van der Waals surface area contributed by atoms with Crippen LogP contribution in [0.15, 0.2) is 48.5 Å². The number of carbonyl (C=O) groups excluding carboxylic acids is 1. The van der Waals surface area contributed by atoms with Crippen molar-refractivity contribution in [1.82, 2.24) is 0 Å². The highest BCUT2D eigenvalue weighted by molar-refractivity contribution is 5.89. The maximum atomic E-state index is 11.3. The van der Waals surface area contributed by atoms with E-state index in [9.17, 15) is 20.1 Å². The maximum absolute atomic E-state index is 11.3. The first-order chi connectivity index (χ1) is 13.4. The number of para-hydroxylation sites is 1. The van der Waals surface area contributed by atoms with E-state index in [1.165, 1.54) is 6.92 Å². The zero-order chi connectivity index (χ0) is 20.3. The average Bonchev–Trinajstić information content (AvgIpc) is 2.68. The van der Waals surface area contributed by atoms with Crippen molar-refractivity contribution in [3.05, 3.63) is 48.5 Å². The molecule has 1 amide bonds. The number of hydrogen-bond donors (Lipinski definition) is 4. The van der Waals surface area contributed by atoms with Crippen LogP contribution in [0.5, 0.6) is 5.75 Å². The maximum Gasteiger partial charge on any atom is 0.221 e. The van der Waals surface area contributed by atoms with E-state index in [-0.39, 0.29) is 5.91 Å². The second-order valence-electron chi connectivity index (χ2n) is 6.94. The number of benzene rings is 2. The molecule has 0 spiro atoms. The Bertz CT molecular complexity index is 824. The van der Waals surface area contributed by atoms with E-state index in [1.807, 2.05) is 36.4 Å². The van der Waals surface area contributed by atoms with Crippen LogP contribution in [0.4, 0.5) is 5.69 Å². The van der Waals surface area contributed by atoms with Crippen LogP contribution in [-0.4, -0.2) is 52.4 Å². The van der Waals surface area contributed by atoms with Crippen molar-refractivity contribution in [1.29, 1.82) is 0 Å². The highest BCUT2D eigenvalue weighted by Crippen LogP contribution is 2.35. The fourth-order valence-corrected chi connectivity index (χ4v) is 3.26. The third kappa shape index (κ3) is 4.34. The first-order valence-corrected chi connectivity index (χ1v) is 9.17. The molecule has 1 fully saturated rings. The molecule has 0 aliphatic carbocycles. The second-order valence-corrected chi connectivity index (χ2v) is 6.94. The Morgan fingerprint density at radius 2 is 1.89 bits per heavy atom. The van der Waals surface area contributed by atoms with Gasteiger partial charge in [0.25, 0.3) is 0 Å². The Balaban J connectivity index is 1.88. The van der Waals surface area contributed by atoms with Crippen LogP contribution in [0.3, 0.4) is 0 Å². The van der Waals surface area contributed by atoms with Gasteiger partial charge in [-0.2, -0.15) is 0 Å². The number of carbonyl (C=O) groups is 1. The van der Waals surface area contributed by atoms with Gasteiger partial charge in [-0.25, -0.2) is 0 Å². The molecule has 28 heavy (non-hydrogen) atoms. The molecule has 0 saturated carbocycles. The minimum absolute atomic E-state index is 0.159. The number of aliphatic hydroxyl groups is 3. The van der Waals surface area contributed by atoms with E-state index >= 15 is 0 Å². The van der Waals surface area contributed by atoms with Gasteiger partial charge in [0.15, 0.2) is 0 Å². The predicted molar refractivity (Wildman–Crippen MR) is 104 cm³/mol. The van der Waals surface area contributed by atoms with Crippen molar-refractivity contribution in [3.8, 4) is 16.9 Å². The number of ether oxygens (including phenoxy) is 2. The molecule has 150 valence electrons. The lowest BCUT2D eigenvalue weighted by atomic mass is 9.92. The van der Waals surface area contributed by atoms with Crippen molar-refractivity contribution in [2.45, 2.75) is 38.4 Å². The van der Waals surface area contributed by atoms with Crippen LogP contribution in [0.25, 0.3) is 11.1 Å². The van der Waals surface area contributed by atoms with Crippen LogP contribution < -0.4 is 10.1 Å². The molecule has 2 aromatic carbocycles. The predicted octanol–water partition coefficient (Wildman–Crippen LogP) is 1.77. The van der Waals surface area contributed by atoms with Crippen molar-refractivity contribution in [2.24, 2.45) is 5.92 Å². The summed E-state index contributed by atoms with van der Waals surface area (Å²) in [6.07, 6.45) is -4.02. The molecule has 1 aliphatic heterocycles. The Labute approximate surface area is 163 Å². The molecule has 7 heteroatoms. The normalized spacial score (nSPS) is 27.2. The van der Waals surface area contributed by atoms with Gasteiger partial charge in [-0.3, -0.25) is 4.79 Å². The van der Waals surface area contributed by atoms with Crippen molar-refractivity contribution >= 4 is 11.6 Å². The summed E-state index contributed by atoms with van der Waals surface area (Å²) in [6, 6.07) is 14.7. The number of aliphatic hydroxyl groups excluding tert-OH is 3. The quantitative estimate of drug-likeness (QED) is 0.623. The van der Waals surface area contributed by atoms with Crippen LogP contribution in [0.2, 0.25) is 0 Å². The molecule has 2 aromatic rings. The smallest absolute Gasteiger partial charge is 0.221 e. The summed E-state index contributed by atoms with van der Waals surface area (Å²) in [5, 5.41) is 32.4. The second kappa shape index (κ2) is 8.70. The fourth-order valence-electron chi connectivity index (χ4n) is 3.26. The Morgan fingerprint density at radius 1 is 1.14 bits per heavy atom. The third-order valence-corrected chi connectivity index (χ3v) is 4.81. The van der Waals surface area contributed by atoms with Gasteiger partial charge in [-0.1, -0.05) is 37.3 Å². The zero-order valence-electron chi connectivity index (χ0n) is 15.8. The Hall–Kier alpha value is -2.45. The lowest BCUT2D eigenvalue weighted by molar-refractivity contribution is -0.256. The van der Waals surface area contributed by atoms with Crippen LogP contribution >= 0.6 is 0 Å². The molecule has 0 radical (unpaired) electrons. The van der Waals surface area contributed by atoms with Crippen LogP contribution in [0, 0.1) is 5.92 Å². The highest BCUT2D eigenvalue weighted by atomic mass is 16.7. The topological polar surface area (TPSA) is 108 Å². The number of anilines is 1. The highest BCUT2D eigenvalue weighted by Gasteiger charge is 2.43. The largest absolute Gasteiger partial charge is 0.464 e. The first-order valence-electron chi connectivity index (χ1n) is 9.17. The van der Waals surface area contributed by atoms with E-state index in [2.05, 4.69) is 5.32 Å².